The summed E-state index contributed by atoms with van der Waals surface area (Å²) in [6, 6.07) is 0. The number of hydrogen-bond donors (Lipinski definition) is 0. The molecule has 0 rings (SSSR count). The number of carbonyl (C=O) groups is 3. The number of rotatable bonds is 69. The van der Waals surface area contributed by atoms with Crippen molar-refractivity contribution in [2.24, 2.45) is 0 Å². The molecule has 0 amide bonds. The molecule has 0 saturated carbocycles. The van der Waals surface area contributed by atoms with Crippen molar-refractivity contribution in [3.8, 4) is 0 Å². The fraction of sp³-hybridized carbons (Fsp3) is 0.857. The van der Waals surface area contributed by atoms with E-state index in [2.05, 4.69) is 69.4 Å². The SMILES string of the molecule is CCCCCCC/C=C\C/C=C\CCCCCCCCCCCCCCCCCCCCCCCC(=O)OCC(COC(=O)CCCCCCC/C=C\CCCCCCCCC)OC(=O)CCCCCCC/C=C\CCCCCCCCC. The van der Waals surface area contributed by atoms with E-state index in [1.54, 1.807) is 0 Å². The molecular formula is C77H142O6. The highest BCUT2D eigenvalue weighted by Crippen LogP contribution is 2.18. The average molecular weight is 1160 g/mol. The number of unbranched alkanes of at least 4 members (excludes halogenated alkanes) is 50. The lowest BCUT2D eigenvalue weighted by Gasteiger charge is -2.18. The third kappa shape index (κ3) is 70.0. The zero-order valence-corrected chi connectivity index (χ0v) is 56.0. The summed E-state index contributed by atoms with van der Waals surface area (Å²) in [5.74, 6) is -0.864. The van der Waals surface area contributed by atoms with Gasteiger partial charge in [-0.15, -0.1) is 0 Å². The maximum absolute atomic E-state index is 12.9. The first kappa shape index (κ1) is 80.4. The van der Waals surface area contributed by atoms with Gasteiger partial charge < -0.3 is 14.2 Å². The van der Waals surface area contributed by atoms with Crippen molar-refractivity contribution in [3.63, 3.8) is 0 Å². The molecule has 1 unspecified atom stereocenters. The van der Waals surface area contributed by atoms with Gasteiger partial charge in [0.25, 0.3) is 0 Å². The van der Waals surface area contributed by atoms with Crippen molar-refractivity contribution >= 4 is 17.9 Å². The molecule has 0 aliphatic carbocycles. The second kappa shape index (κ2) is 71.8. The van der Waals surface area contributed by atoms with Crippen LogP contribution in [0.2, 0.25) is 0 Å². The topological polar surface area (TPSA) is 78.9 Å². The molecule has 486 valence electrons. The van der Waals surface area contributed by atoms with Gasteiger partial charge in [0.15, 0.2) is 6.10 Å². The second-order valence-electron chi connectivity index (χ2n) is 25.2. The molecule has 0 spiro atoms. The minimum absolute atomic E-state index is 0.0743. The highest BCUT2D eigenvalue weighted by Gasteiger charge is 2.19. The highest BCUT2D eigenvalue weighted by molar-refractivity contribution is 5.71. The van der Waals surface area contributed by atoms with Gasteiger partial charge in [-0.05, 0) is 103 Å². The molecule has 0 radical (unpaired) electrons. The van der Waals surface area contributed by atoms with Crippen molar-refractivity contribution in [1.82, 2.24) is 0 Å². The first-order valence-electron chi connectivity index (χ1n) is 37.1. The Balaban J connectivity index is 4.15. The standard InChI is InChI=1S/C77H142O6/c1-4-7-10-13-16-19-22-25-28-31-32-33-34-35-36-37-38-39-40-41-42-43-44-45-46-47-50-52-55-58-61-64-67-70-76(79)82-73-74(83-77(80)71-68-65-62-59-56-53-49-30-27-24-21-18-15-12-9-6-3)72-81-75(78)69-66-63-60-57-54-51-48-29-26-23-20-17-14-11-8-5-2/h22,25,29-32,48-49,74H,4-21,23-24,26-28,33-47,50-73H2,1-3H3/b25-22-,32-31-,48-29-,49-30-. The van der Waals surface area contributed by atoms with Crippen LogP contribution in [0.1, 0.15) is 406 Å². The molecular weight excluding hydrogens is 1020 g/mol. The summed E-state index contributed by atoms with van der Waals surface area (Å²) in [5.41, 5.74) is 0. The van der Waals surface area contributed by atoms with Gasteiger partial charge in [0.05, 0.1) is 0 Å². The quantitative estimate of drug-likeness (QED) is 0.0261. The van der Waals surface area contributed by atoms with Crippen LogP contribution in [-0.4, -0.2) is 37.2 Å². The van der Waals surface area contributed by atoms with E-state index in [1.807, 2.05) is 0 Å². The van der Waals surface area contributed by atoms with E-state index in [0.717, 1.165) is 77.0 Å². The molecule has 0 saturated heterocycles. The van der Waals surface area contributed by atoms with E-state index in [-0.39, 0.29) is 31.1 Å². The Morgan fingerprint density at radius 2 is 0.434 bits per heavy atom. The van der Waals surface area contributed by atoms with Crippen molar-refractivity contribution in [2.45, 2.75) is 412 Å². The van der Waals surface area contributed by atoms with Crippen LogP contribution in [0.5, 0.6) is 0 Å². The van der Waals surface area contributed by atoms with Crippen LogP contribution < -0.4 is 0 Å². The molecule has 6 heteroatoms. The van der Waals surface area contributed by atoms with E-state index < -0.39 is 6.10 Å². The lowest BCUT2D eigenvalue weighted by atomic mass is 10.0. The minimum Gasteiger partial charge on any atom is -0.462 e. The maximum atomic E-state index is 12.9. The van der Waals surface area contributed by atoms with Crippen LogP contribution in [0.15, 0.2) is 48.6 Å². The Labute approximate surface area is 518 Å². The first-order chi connectivity index (χ1) is 41.0. The number of hydrogen-bond acceptors (Lipinski definition) is 6. The van der Waals surface area contributed by atoms with E-state index in [4.69, 9.17) is 14.2 Å². The smallest absolute Gasteiger partial charge is 0.306 e. The Kier molecular flexibility index (Phi) is 69.6. The van der Waals surface area contributed by atoms with E-state index >= 15 is 0 Å². The van der Waals surface area contributed by atoms with Crippen molar-refractivity contribution < 1.29 is 28.6 Å². The Bertz CT molecular complexity index is 1430. The first-order valence-corrected chi connectivity index (χ1v) is 37.1. The third-order valence-corrected chi connectivity index (χ3v) is 16.8. The number of ether oxygens (including phenoxy) is 3. The Morgan fingerprint density at radius 1 is 0.241 bits per heavy atom. The molecule has 0 aromatic rings. The normalized spacial score (nSPS) is 12.3. The number of allylic oxidation sites excluding steroid dienone is 8. The van der Waals surface area contributed by atoms with Crippen LogP contribution in [0, 0.1) is 0 Å². The molecule has 6 nitrogen and oxygen atoms in total. The molecule has 83 heavy (non-hydrogen) atoms. The summed E-state index contributed by atoms with van der Waals surface area (Å²) in [4.78, 5) is 38.4. The number of carbonyl (C=O) groups excluding carboxylic acids is 3. The van der Waals surface area contributed by atoms with Gasteiger partial charge >= 0.3 is 17.9 Å². The second-order valence-corrected chi connectivity index (χ2v) is 25.2. The zero-order valence-electron chi connectivity index (χ0n) is 56.0. The van der Waals surface area contributed by atoms with E-state index in [0.29, 0.717) is 19.3 Å². The van der Waals surface area contributed by atoms with Crippen molar-refractivity contribution in [2.75, 3.05) is 13.2 Å². The predicted molar refractivity (Wildman–Crippen MR) is 362 cm³/mol. The largest absolute Gasteiger partial charge is 0.462 e. The van der Waals surface area contributed by atoms with Crippen LogP contribution >= 0.6 is 0 Å². The average Bonchev–Trinajstić information content (AvgIpc) is 3.49. The maximum Gasteiger partial charge on any atom is 0.306 e. The molecule has 0 aliphatic rings. The van der Waals surface area contributed by atoms with Gasteiger partial charge in [-0.25, -0.2) is 0 Å². The van der Waals surface area contributed by atoms with Gasteiger partial charge in [-0.2, -0.15) is 0 Å². The van der Waals surface area contributed by atoms with Gasteiger partial charge in [0, 0.05) is 19.3 Å². The summed E-state index contributed by atoms with van der Waals surface area (Å²) in [6.45, 7) is 6.68. The van der Waals surface area contributed by atoms with Crippen molar-refractivity contribution in [1.29, 1.82) is 0 Å². The summed E-state index contributed by atoms with van der Waals surface area (Å²) < 4.78 is 17.0. The van der Waals surface area contributed by atoms with Gasteiger partial charge in [-0.1, -0.05) is 333 Å². The lowest BCUT2D eigenvalue weighted by Crippen LogP contribution is -2.30. The van der Waals surface area contributed by atoms with E-state index in [9.17, 15) is 14.4 Å². The van der Waals surface area contributed by atoms with Gasteiger partial charge in [0.1, 0.15) is 13.2 Å². The van der Waals surface area contributed by atoms with Gasteiger partial charge in [-0.3, -0.25) is 14.4 Å². The molecule has 0 N–H and O–H groups in total. The fourth-order valence-electron chi connectivity index (χ4n) is 11.2. The van der Waals surface area contributed by atoms with Crippen LogP contribution in [0.25, 0.3) is 0 Å². The minimum atomic E-state index is -0.780. The third-order valence-electron chi connectivity index (χ3n) is 16.8. The van der Waals surface area contributed by atoms with Crippen molar-refractivity contribution in [3.05, 3.63) is 48.6 Å². The lowest BCUT2D eigenvalue weighted by molar-refractivity contribution is -0.167. The molecule has 0 bridgehead atoms. The monoisotopic (exact) mass is 1160 g/mol. The summed E-state index contributed by atoms with van der Waals surface area (Å²) in [6.07, 6.45) is 91.6. The molecule has 0 heterocycles. The molecule has 0 fully saturated rings. The molecule has 0 aromatic carbocycles. The molecule has 1 atom stereocenters. The Hall–Kier alpha value is -2.63. The fourth-order valence-corrected chi connectivity index (χ4v) is 11.2. The highest BCUT2D eigenvalue weighted by atomic mass is 16.6. The predicted octanol–water partition coefficient (Wildman–Crippen LogP) is 25.7. The zero-order chi connectivity index (χ0) is 59.9. The summed E-state index contributed by atoms with van der Waals surface area (Å²) in [5, 5.41) is 0. The van der Waals surface area contributed by atoms with Gasteiger partial charge in [0.2, 0.25) is 0 Å². The van der Waals surface area contributed by atoms with E-state index in [1.165, 1.54) is 289 Å². The van der Waals surface area contributed by atoms with Crippen LogP contribution in [-0.2, 0) is 28.6 Å². The number of esters is 3. The van der Waals surface area contributed by atoms with Crippen LogP contribution in [0.4, 0.5) is 0 Å². The molecule has 0 aliphatic heterocycles. The van der Waals surface area contributed by atoms with Crippen LogP contribution in [0.3, 0.4) is 0 Å². The summed E-state index contributed by atoms with van der Waals surface area (Å²) >= 11 is 0. The summed E-state index contributed by atoms with van der Waals surface area (Å²) in [7, 11) is 0. The Morgan fingerprint density at radius 3 is 0.675 bits per heavy atom. The molecule has 0 aromatic heterocycles.